The fraction of sp³-hybridized carbons (Fsp3) is 0.789. The smallest absolute Gasteiger partial charge is 0.191 e. The number of hydrogen-bond donors (Lipinski definition) is 2. The van der Waals surface area contributed by atoms with Crippen LogP contribution in [-0.4, -0.2) is 48.6 Å². The Morgan fingerprint density at radius 1 is 1.35 bits per heavy atom. The van der Waals surface area contributed by atoms with Crippen LogP contribution in [0, 0.1) is 0 Å². The lowest BCUT2D eigenvalue weighted by molar-refractivity contribution is 0.147. The first-order valence-electron chi connectivity index (χ1n) is 9.57. The van der Waals surface area contributed by atoms with Crippen molar-refractivity contribution in [2.24, 2.45) is 4.99 Å². The van der Waals surface area contributed by atoms with Crippen LogP contribution in [0.4, 0.5) is 0 Å². The molecule has 1 atom stereocenters. The van der Waals surface area contributed by atoms with Crippen LogP contribution in [0.5, 0.6) is 0 Å². The van der Waals surface area contributed by atoms with E-state index in [1.165, 1.54) is 37.2 Å². The third-order valence-corrected chi connectivity index (χ3v) is 6.08. The molecule has 0 spiro atoms. The van der Waals surface area contributed by atoms with Gasteiger partial charge in [-0.1, -0.05) is 34.1 Å². The van der Waals surface area contributed by atoms with Crippen molar-refractivity contribution >= 4 is 41.3 Å². The Morgan fingerprint density at radius 3 is 2.73 bits per heavy atom. The van der Waals surface area contributed by atoms with Crippen LogP contribution >= 0.6 is 35.3 Å². The fourth-order valence-corrected chi connectivity index (χ4v) is 4.17. The molecule has 1 saturated heterocycles. The highest BCUT2D eigenvalue weighted by atomic mass is 127. The molecule has 2 heterocycles. The molecule has 1 aliphatic heterocycles. The van der Waals surface area contributed by atoms with Crippen molar-refractivity contribution in [3.63, 3.8) is 0 Å². The molecule has 2 N–H and O–H groups in total. The topological polar surface area (TPSA) is 52.5 Å². The molecule has 1 unspecified atom stereocenters. The standard InChI is InChI=1S/C19H35N5S.HI/c1-6-16-9-7-8-11-24(16)12-10-21-18(20-5)22-13-15-14-25-17(23-15)19(2,3)4;/h14,16H,6-13H2,1-5H3,(H2,20,21,22);1H. The van der Waals surface area contributed by atoms with Gasteiger partial charge in [0.15, 0.2) is 5.96 Å². The largest absolute Gasteiger partial charge is 0.355 e. The van der Waals surface area contributed by atoms with Crippen molar-refractivity contribution in [3.05, 3.63) is 16.1 Å². The molecule has 150 valence electrons. The quantitative estimate of drug-likeness (QED) is 0.358. The van der Waals surface area contributed by atoms with Gasteiger partial charge < -0.3 is 10.6 Å². The summed E-state index contributed by atoms with van der Waals surface area (Å²) in [5, 5.41) is 10.1. The highest BCUT2D eigenvalue weighted by Gasteiger charge is 2.20. The van der Waals surface area contributed by atoms with E-state index in [9.17, 15) is 0 Å². The maximum Gasteiger partial charge on any atom is 0.191 e. The second kappa shape index (κ2) is 11.4. The second-order valence-electron chi connectivity index (χ2n) is 7.84. The van der Waals surface area contributed by atoms with Crippen LogP contribution in [-0.2, 0) is 12.0 Å². The molecule has 0 saturated carbocycles. The summed E-state index contributed by atoms with van der Waals surface area (Å²) >= 11 is 1.74. The fourth-order valence-electron chi connectivity index (χ4n) is 3.26. The number of hydrogen-bond acceptors (Lipinski definition) is 4. The normalized spacial score (nSPS) is 19.1. The van der Waals surface area contributed by atoms with Crippen molar-refractivity contribution in [3.8, 4) is 0 Å². The van der Waals surface area contributed by atoms with Gasteiger partial charge in [-0.3, -0.25) is 9.89 Å². The van der Waals surface area contributed by atoms with E-state index >= 15 is 0 Å². The minimum atomic E-state index is 0. The summed E-state index contributed by atoms with van der Waals surface area (Å²) in [7, 11) is 1.83. The Hall–Kier alpha value is -0.410. The summed E-state index contributed by atoms with van der Waals surface area (Å²) in [6.07, 6.45) is 5.33. The molecule has 0 radical (unpaired) electrons. The van der Waals surface area contributed by atoms with Gasteiger partial charge in [-0.15, -0.1) is 35.3 Å². The zero-order valence-corrected chi connectivity index (χ0v) is 20.1. The maximum atomic E-state index is 4.73. The molecule has 26 heavy (non-hydrogen) atoms. The summed E-state index contributed by atoms with van der Waals surface area (Å²) in [5.41, 5.74) is 1.20. The highest BCUT2D eigenvalue weighted by molar-refractivity contribution is 14.0. The third-order valence-electron chi connectivity index (χ3n) is 4.77. The SMILES string of the molecule is CCC1CCCCN1CCNC(=NC)NCc1csc(C(C)(C)C)n1.I. The van der Waals surface area contributed by atoms with Crippen molar-refractivity contribution in [1.82, 2.24) is 20.5 Å². The zero-order chi connectivity index (χ0) is 18.3. The van der Waals surface area contributed by atoms with Gasteiger partial charge in [0.05, 0.1) is 17.2 Å². The number of nitrogens with one attached hydrogen (secondary N) is 2. The van der Waals surface area contributed by atoms with Gasteiger partial charge in [-0.25, -0.2) is 4.98 Å². The molecule has 5 nitrogen and oxygen atoms in total. The number of halogens is 1. The van der Waals surface area contributed by atoms with E-state index < -0.39 is 0 Å². The Kier molecular flexibility index (Phi) is 10.4. The number of guanidine groups is 1. The van der Waals surface area contributed by atoms with E-state index in [1.807, 2.05) is 7.05 Å². The van der Waals surface area contributed by atoms with Crippen molar-refractivity contribution in [1.29, 1.82) is 0 Å². The van der Waals surface area contributed by atoms with Gasteiger partial charge in [0, 0.05) is 37.0 Å². The molecule has 7 heteroatoms. The number of aromatic nitrogens is 1. The molecular weight excluding hydrogens is 457 g/mol. The average molecular weight is 494 g/mol. The van der Waals surface area contributed by atoms with Gasteiger partial charge in [0.25, 0.3) is 0 Å². The summed E-state index contributed by atoms with van der Waals surface area (Å²) in [6.45, 7) is 12.9. The van der Waals surface area contributed by atoms with E-state index in [4.69, 9.17) is 4.98 Å². The molecule has 2 rings (SSSR count). The molecule has 1 aromatic rings. The minimum Gasteiger partial charge on any atom is -0.355 e. The Balaban J connectivity index is 0.00000338. The van der Waals surface area contributed by atoms with Crippen LogP contribution in [0.2, 0.25) is 0 Å². The van der Waals surface area contributed by atoms with Crippen LogP contribution in [0.3, 0.4) is 0 Å². The summed E-state index contributed by atoms with van der Waals surface area (Å²) in [4.78, 5) is 11.7. The molecule has 0 aromatic carbocycles. The first kappa shape index (κ1) is 23.6. The van der Waals surface area contributed by atoms with E-state index in [0.29, 0.717) is 6.54 Å². The average Bonchev–Trinajstić information content (AvgIpc) is 3.07. The maximum absolute atomic E-state index is 4.73. The monoisotopic (exact) mass is 493 g/mol. The van der Waals surface area contributed by atoms with Crippen LogP contribution in [0.1, 0.15) is 64.1 Å². The first-order valence-corrected chi connectivity index (χ1v) is 10.5. The molecule has 0 bridgehead atoms. The summed E-state index contributed by atoms with van der Waals surface area (Å²) < 4.78 is 0. The minimum absolute atomic E-state index is 0. The number of nitrogens with zero attached hydrogens (tertiary/aromatic N) is 3. The van der Waals surface area contributed by atoms with Gasteiger partial charge in [-0.05, 0) is 25.8 Å². The van der Waals surface area contributed by atoms with Gasteiger partial charge in [0.1, 0.15) is 0 Å². The highest BCUT2D eigenvalue weighted by Crippen LogP contribution is 2.25. The van der Waals surface area contributed by atoms with Crippen molar-refractivity contribution < 1.29 is 0 Å². The molecular formula is C19H36IN5S. The first-order chi connectivity index (χ1) is 11.9. The van der Waals surface area contributed by atoms with Crippen molar-refractivity contribution in [2.45, 2.75) is 71.4 Å². The number of aliphatic imine (C=N–C) groups is 1. The van der Waals surface area contributed by atoms with Crippen LogP contribution < -0.4 is 10.6 Å². The van der Waals surface area contributed by atoms with Gasteiger partial charge in [0.2, 0.25) is 0 Å². The number of thiazole rings is 1. The molecule has 0 aliphatic carbocycles. The number of piperidine rings is 1. The number of likely N-dealkylation sites (tertiary alicyclic amines) is 1. The molecule has 0 amide bonds. The number of rotatable bonds is 6. The molecule has 1 aliphatic rings. The van der Waals surface area contributed by atoms with Crippen molar-refractivity contribution in [2.75, 3.05) is 26.7 Å². The third kappa shape index (κ3) is 7.31. The van der Waals surface area contributed by atoms with Gasteiger partial charge >= 0.3 is 0 Å². The van der Waals surface area contributed by atoms with E-state index in [0.717, 1.165) is 30.8 Å². The molecule has 1 aromatic heterocycles. The lowest BCUT2D eigenvalue weighted by Crippen LogP contribution is -2.45. The van der Waals surface area contributed by atoms with E-state index in [2.05, 4.69) is 53.6 Å². The predicted octanol–water partition coefficient (Wildman–Crippen LogP) is 3.99. The second-order valence-corrected chi connectivity index (χ2v) is 8.70. The summed E-state index contributed by atoms with van der Waals surface area (Å²) in [5.74, 6) is 0.857. The predicted molar refractivity (Wildman–Crippen MR) is 124 cm³/mol. The van der Waals surface area contributed by atoms with E-state index in [1.54, 1.807) is 11.3 Å². The van der Waals surface area contributed by atoms with E-state index in [-0.39, 0.29) is 29.4 Å². The lowest BCUT2D eigenvalue weighted by Gasteiger charge is -2.35. The zero-order valence-electron chi connectivity index (χ0n) is 17.0. The van der Waals surface area contributed by atoms with Crippen LogP contribution in [0.15, 0.2) is 10.4 Å². The Morgan fingerprint density at radius 2 is 2.12 bits per heavy atom. The lowest BCUT2D eigenvalue weighted by atomic mass is 9.98. The Bertz CT molecular complexity index is 552. The molecule has 1 fully saturated rings. The van der Waals surface area contributed by atoms with Crippen LogP contribution in [0.25, 0.3) is 0 Å². The van der Waals surface area contributed by atoms with Gasteiger partial charge in [-0.2, -0.15) is 0 Å². The Labute approximate surface area is 180 Å². The summed E-state index contributed by atoms with van der Waals surface area (Å²) in [6, 6.07) is 0.761.